The molecule has 3 rings (SSSR count). The fourth-order valence-electron chi connectivity index (χ4n) is 2.78. The zero-order valence-corrected chi connectivity index (χ0v) is 9.73. The number of hydrogen-bond donors (Lipinski definition) is 2. The van der Waals surface area contributed by atoms with Gasteiger partial charge in [0.2, 0.25) is 5.91 Å². The zero-order valence-electron chi connectivity index (χ0n) is 9.73. The lowest BCUT2D eigenvalue weighted by molar-refractivity contribution is -0.120. The first-order valence-electron chi connectivity index (χ1n) is 6.22. The van der Waals surface area contributed by atoms with Crippen molar-refractivity contribution in [2.45, 2.75) is 25.8 Å². The van der Waals surface area contributed by atoms with E-state index >= 15 is 0 Å². The Hall–Kier alpha value is -1.42. The van der Waals surface area contributed by atoms with Gasteiger partial charge >= 0.3 is 0 Å². The standard InChI is InChI=1S/C13H17N3O/c14-6-8-1-2-12(15-7-8)16-13(17)11-4-9-3-10(9)5-11/h1-2,7,9-11H,3-6,14H2,(H,15,16,17). The maximum absolute atomic E-state index is 12.0. The summed E-state index contributed by atoms with van der Waals surface area (Å²) in [5.41, 5.74) is 6.47. The number of fused-ring (bicyclic) bond motifs is 1. The number of hydrogen-bond acceptors (Lipinski definition) is 3. The van der Waals surface area contributed by atoms with Gasteiger partial charge in [-0.1, -0.05) is 6.07 Å². The van der Waals surface area contributed by atoms with Gasteiger partial charge in [0.1, 0.15) is 5.82 Å². The molecule has 0 radical (unpaired) electrons. The van der Waals surface area contributed by atoms with Crippen molar-refractivity contribution in [2.75, 3.05) is 5.32 Å². The Balaban J connectivity index is 1.59. The first kappa shape index (κ1) is 10.7. The van der Waals surface area contributed by atoms with E-state index in [-0.39, 0.29) is 11.8 Å². The predicted octanol–water partition coefficient (Wildman–Crippen LogP) is 1.52. The van der Waals surface area contributed by atoms with Gasteiger partial charge in [-0.3, -0.25) is 4.79 Å². The Kier molecular flexibility index (Phi) is 2.59. The molecule has 1 aromatic heterocycles. The fourth-order valence-corrected chi connectivity index (χ4v) is 2.78. The second-order valence-electron chi connectivity index (χ2n) is 5.17. The van der Waals surface area contributed by atoms with Gasteiger partial charge in [0.25, 0.3) is 0 Å². The smallest absolute Gasteiger partial charge is 0.228 e. The number of nitrogens with one attached hydrogen (secondary N) is 1. The summed E-state index contributed by atoms with van der Waals surface area (Å²) in [7, 11) is 0. The number of carbonyl (C=O) groups excluding carboxylic acids is 1. The molecule has 2 aliphatic rings. The summed E-state index contributed by atoms with van der Waals surface area (Å²) in [5.74, 6) is 2.63. The van der Waals surface area contributed by atoms with Crippen molar-refractivity contribution < 1.29 is 4.79 Å². The van der Waals surface area contributed by atoms with Crippen molar-refractivity contribution in [3.8, 4) is 0 Å². The quantitative estimate of drug-likeness (QED) is 0.828. The van der Waals surface area contributed by atoms with Crippen LogP contribution in [0.15, 0.2) is 18.3 Å². The second kappa shape index (κ2) is 4.11. The molecule has 1 heterocycles. The Morgan fingerprint density at radius 1 is 1.35 bits per heavy atom. The molecule has 2 saturated carbocycles. The van der Waals surface area contributed by atoms with Crippen LogP contribution in [-0.4, -0.2) is 10.9 Å². The third kappa shape index (κ3) is 2.17. The van der Waals surface area contributed by atoms with Gasteiger partial charge in [0.15, 0.2) is 0 Å². The number of nitrogens with zero attached hydrogens (tertiary/aromatic N) is 1. The topological polar surface area (TPSA) is 68.0 Å². The average Bonchev–Trinajstić information content (AvgIpc) is 2.97. The van der Waals surface area contributed by atoms with Gasteiger partial charge in [-0.05, 0) is 42.7 Å². The van der Waals surface area contributed by atoms with Crippen LogP contribution in [0.3, 0.4) is 0 Å². The summed E-state index contributed by atoms with van der Waals surface area (Å²) < 4.78 is 0. The Bertz CT molecular complexity index is 419. The number of aromatic nitrogens is 1. The maximum Gasteiger partial charge on any atom is 0.228 e. The van der Waals surface area contributed by atoms with Crippen LogP contribution in [0.5, 0.6) is 0 Å². The normalized spacial score (nSPS) is 29.8. The van der Waals surface area contributed by atoms with Crippen molar-refractivity contribution in [2.24, 2.45) is 23.5 Å². The molecule has 0 saturated heterocycles. The number of anilines is 1. The summed E-state index contributed by atoms with van der Waals surface area (Å²) in [6.45, 7) is 0.479. The first-order chi connectivity index (χ1) is 8.26. The average molecular weight is 231 g/mol. The highest BCUT2D eigenvalue weighted by Gasteiger charge is 2.47. The maximum atomic E-state index is 12.0. The lowest BCUT2D eigenvalue weighted by Gasteiger charge is -2.11. The molecular weight excluding hydrogens is 214 g/mol. The molecule has 1 amide bonds. The summed E-state index contributed by atoms with van der Waals surface area (Å²) in [5, 5.41) is 2.89. The van der Waals surface area contributed by atoms with Gasteiger partial charge < -0.3 is 11.1 Å². The molecule has 4 heteroatoms. The molecule has 0 aliphatic heterocycles. The molecule has 3 N–H and O–H groups in total. The lowest BCUT2D eigenvalue weighted by Crippen LogP contribution is -2.22. The highest BCUT2D eigenvalue weighted by molar-refractivity contribution is 5.92. The van der Waals surface area contributed by atoms with Gasteiger partial charge in [0.05, 0.1) is 0 Å². The van der Waals surface area contributed by atoms with E-state index in [1.807, 2.05) is 12.1 Å². The lowest BCUT2D eigenvalue weighted by atomic mass is 10.0. The van der Waals surface area contributed by atoms with E-state index in [1.165, 1.54) is 6.42 Å². The van der Waals surface area contributed by atoms with Crippen molar-refractivity contribution in [3.63, 3.8) is 0 Å². The SMILES string of the molecule is NCc1ccc(NC(=O)C2CC3CC3C2)nc1. The molecule has 2 unspecified atom stereocenters. The summed E-state index contributed by atoms with van der Waals surface area (Å²) in [4.78, 5) is 16.1. The highest BCUT2D eigenvalue weighted by Crippen LogP contribution is 2.54. The minimum absolute atomic E-state index is 0.130. The van der Waals surface area contributed by atoms with Gasteiger partial charge in [-0.2, -0.15) is 0 Å². The predicted molar refractivity (Wildman–Crippen MR) is 65.1 cm³/mol. The molecule has 17 heavy (non-hydrogen) atoms. The van der Waals surface area contributed by atoms with Gasteiger partial charge in [-0.25, -0.2) is 4.98 Å². The van der Waals surface area contributed by atoms with Crippen LogP contribution < -0.4 is 11.1 Å². The minimum Gasteiger partial charge on any atom is -0.326 e. The highest BCUT2D eigenvalue weighted by atomic mass is 16.1. The minimum atomic E-state index is 0.130. The molecule has 2 fully saturated rings. The van der Waals surface area contributed by atoms with Crippen molar-refractivity contribution in [3.05, 3.63) is 23.9 Å². The van der Waals surface area contributed by atoms with Crippen LogP contribution in [0.1, 0.15) is 24.8 Å². The third-order valence-corrected chi connectivity index (χ3v) is 3.93. The molecule has 0 spiro atoms. The summed E-state index contributed by atoms with van der Waals surface area (Å²) >= 11 is 0. The molecule has 0 aromatic carbocycles. The van der Waals surface area contributed by atoms with Crippen LogP contribution in [0.4, 0.5) is 5.82 Å². The molecule has 0 bridgehead atoms. The Labute approximate surface area is 101 Å². The van der Waals surface area contributed by atoms with Crippen molar-refractivity contribution in [1.29, 1.82) is 0 Å². The molecule has 4 nitrogen and oxygen atoms in total. The van der Waals surface area contributed by atoms with Crippen LogP contribution >= 0.6 is 0 Å². The molecular formula is C13H17N3O. The largest absolute Gasteiger partial charge is 0.326 e. The monoisotopic (exact) mass is 231 g/mol. The Morgan fingerprint density at radius 2 is 2.12 bits per heavy atom. The van der Waals surface area contributed by atoms with E-state index in [9.17, 15) is 4.79 Å². The van der Waals surface area contributed by atoms with Gasteiger partial charge in [-0.15, -0.1) is 0 Å². The summed E-state index contributed by atoms with van der Waals surface area (Å²) in [6, 6.07) is 3.71. The van der Waals surface area contributed by atoms with E-state index in [1.54, 1.807) is 6.20 Å². The van der Waals surface area contributed by atoms with Crippen LogP contribution in [-0.2, 0) is 11.3 Å². The van der Waals surface area contributed by atoms with E-state index in [0.717, 1.165) is 30.2 Å². The van der Waals surface area contributed by atoms with Crippen molar-refractivity contribution in [1.82, 2.24) is 4.98 Å². The number of nitrogens with two attached hydrogens (primary N) is 1. The molecule has 90 valence electrons. The number of carbonyl (C=O) groups is 1. The van der Waals surface area contributed by atoms with Crippen LogP contribution in [0.25, 0.3) is 0 Å². The van der Waals surface area contributed by atoms with E-state index < -0.39 is 0 Å². The first-order valence-corrected chi connectivity index (χ1v) is 6.22. The zero-order chi connectivity index (χ0) is 11.8. The number of pyridine rings is 1. The van der Waals surface area contributed by atoms with E-state index in [4.69, 9.17) is 5.73 Å². The fraction of sp³-hybridized carbons (Fsp3) is 0.538. The van der Waals surface area contributed by atoms with Crippen LogP contribution in [0, 0.1) is 17.8 Å². The number of rotatable bonds is 3. The molecule has 2 aliphatic carbocycles. The molecule has 1 aromatic rings. The summed E-state index contributed by atoms with van der Waals surface area (Å²) in [6.07, 6.45) is 5.18. The van der Waals surface area contributed by atoms with E-state index in [2.05, 4.69) is 10.3 Å². The van der Waals surface area contributed by atoms with Crippen molar-refractivity contribution >= 4 is 11.7 Å². The van der Waals surface area contributed by atoms with Crippen LogP contribution in [0.2, 0.25) is 0 Å². The Morgan fingerprint density at radius 3 is 2.71 bits per heavy atom. The van der Waals surface area contributed by atoms with Gasteiger partial charge in [0, 0.05) is 18.7 Å². The second-order valence-corrected chi connectivity index (χ2v) is 5.17. The number of amides is 1. The molecule has 2 atom stereocenters. The van der Waals surface area contributed by atoms with E-state index in [0.29, 0.717) is 12.4 Å². The third-order valence-electron chi connectivity index (χ3n) is 3.93.